The second kappa shape index (κ2) is 2.71. The van der Waals surface area contributed by atoms with Gasteiger partial charge in [-0.25, -0.2) is 0 Å². The normalized spacial score (nSPS) is 14.6. The van der Waals surface area contributed by atoms with E-state index >= 15 is 0 Å². The van der Waals surface area contributed by atoms with Gasteiger partial charge in [0.15, 0.2) is 6.29 Å². The van der Waals surface area contributed by atoms with Gasteiger partial charge in [0.1, 0.15) is 0 Å². The molecule has 0 atom stereocenters. The standard InChI is InChI=1S/C12H11NO/c14-7-9-6-13-12-10-3-1-2-8(10)4-5-11(9)12/h4-7,13H,1-3H2. The molecule has 2 nitrogen and oxygen atoms in total. The molecule has 0 saturated heterocycles. The maximum absolute atomic E-state index is 10.8. The van der Waals surface area contributed by atoms with Gasteiger partial charge in [-0.1, -0.05) is 12.1 Å². The van der Waals surface area contributed by atoms with Crippen molar-refractivity contribution >= 4 is 17.2 Å². The Hall–Kier alpha value is -1.57. The second-order valence-corrected chi connectivity index (χ2v) is 3.84. The number of carbonyl (C=O) groups excluding carboxylic acids is 1. The Morgan fingerprint density at radius 2 is 2.21 bits per heavy atom. The van der Waals surface area contributed by atoms with Gasteiger partial charge in [-0.2, -0.15) is 0 Å². The minimum atomic E-state index is 0.773. The second-order valence-electron chi connectivity index (χ2n) is 3.84. The number of fused-ring (bicyclic) bond motifs is 3. The topological polar surface area (TPSA) is 32.9 Å². The Balaban J connectivity index is 2.40. The van der Waals surface area contributed by atoms with E-state index in [1.54, 1.807) is 6.20 Å². The highest BCUT2D eigenvalue weighted by Crippen LogP contribution is 2.30. The van der Waals surface area contributed by atoms with Crippen molar-refractivity contribution in [1.29, 1.82) is 0 Å². The zero-order chi connectivity index (χ0) is 9.54. The van der Waals surface area contributed by atoms with Crippen LogP contribution in [0.2, 0.25) is 0 Å². The lowest BCUT2D eigenvalue weighted by Gasteiger charge is -2.00. The summed E-state index contributed by atoms with van der Waals surface area (Å²) < 4.78 is 0. The van der Waals surface area contributed by atoms with E-state index in [1.807, 2.05) is 0 Å². The van der Waals surface area contributed by atoms with Crippen molar-refractivity contribution < 1.29 is 4.79 Å². The van der Waals surface area contributed by atoms with E-state index < -0.39 is 0 Å². The molecule has 2 aromatic rings. The highest BCUT2D eigenvalue weighted by Gasteiger charge is 2.15. The van der Waals surface area contributed by atoms with Crippen LogP contribution in [0.15, 0.2) is 18.3 Å². The zero-order valence-electron chi connectivity index (χ0n) is 7.84. The van der Waals surface area contributed by atoms with Crippen molar-refractivity contribution in [3.8, 4) is 0 Å². The molecule has 0 radical (unpaired) electrons. The smallest absolute Gasteiger partial charge is 0.152 e. The molecule has 1 aromatic heterocycles. The molecule has 0 saturated carbocycles. The number of hydrogen-bond donors (Lipinski definition) is 1. The lowest BCUT2D eigenvalue weighted by Crippen LogP contribution is -1.84. The first-order valence-corrected chi connectivity index (χ1v) is 4.97. The monoisotopic (exact) mass is 185 g/mol. The first-order valence-electron chi connectivity index (χ1n) is 4.97. The molecule has 3 rings (SSSR count). The molecule has 0 fully saturated rings. The third-order valence-electron chi connectivity index (χ3n) is 3.09. The number of H-pyrrole nitrogens is 1. The summed E-state index contributed by atoms with van der Waals surface area (Å²) in [5.74, 6) is 0. The van der Waals surface area contributed by atoms with Gasteiger partial charge >= 0.3 is 0 Å². The molecule has 1 aliphatic rings. The highest BCUT2D eigenvalue weighted by atomic mass is 16.1. The molecule has 0 amide bonds. The lowest BCUT2D eigenvalue weighted by atomic mass is 10.1. The maximum atomic E-state index is 10.8. The molecule has 70 valence electrons. The summed E-state index contributed by atoms with van der Waals surface area (Å²) in [4.78, 5) is 14.0. The summed E-state index contributed by atoms with van der Waals surface area (Å²) >= 11 is 0. The molecule has 1 N–H and O–H groups in total. The van der Waals surface area contributed by atoms with Crippen LogP contribution in [0.25, 0.3) is 10.9 Å². The fraction of sp³-hybridized carbons (Fsp3) is 0.250. The molecule has 0 bridgehead atoms. The van der Waals surface area contributed by atoms with Crippen molar-refractivity contribution in [2.24, 2.45) is 0 Å². The van der Waals surface area contributed by atoms with E-state index in [0.717, 1.165) is 23.7 Å². The molecule has 0 aliphatic heterocycles. The van der Waals surface area contributed by atoms with Crippen molar-refractivity contribution in [3.63, 3.8) is 0 Å². The largest absolute Gasteiger partial charge is 0.360 e. The van der Waals surface area contributed by atoms with Crippen LogP contribution in [0.4, 0.5) is 0 Å². The van der Waals surface area contributed by atoms with Crippen LogP contribution in [0.5, 0.6) is 0 Å². The van der Waals surface area contributed by atoms with Gasteiger partial charge < -0.3 is 4.98 Å². The van der Waals surface area contributed by atoms with E-state index in [1.165, 1.54) is 29.5 Å². The van der Waals surface area contributed by atoms with E-state index in [-0.39, 0.29) is 0 Å². The van der Waals surface area contributed by atoms with Crippen LogP contribution in [0.1, 0.15) is 27.9 Å². The molecule has 0 spiro atoms. The van der Waals surface area contributed by atoms with Gasteiger partial charge in [-0.3, -0.25) is 4.79 Å². The number of rotatable bonds is 1. The van der Waals surface area contributed by atoms with Gasteiger partial charge in [0.05, 0.1) is 0 Å². The maximum Gasteiger partial charge on any atom is 0.152 e. The zero-order valence-corrected chi connectivity index (χ0v) is 7.84. The van der Waals surface area contributed by atoms with Crippen LogP contribution in [0.3, 0.4) is 0 Å². The van der Waals surface area contributed by atoms with Crippen molar-refractivity contribution in [1.82, 2.24) is 4.98 Å². The Labute approximate surface area is 81.9 Å². The van der Waals surface area contributed by atoms with Crippen LogP contribution in [-0.2, 0) is 12.8 Å². The first-order chi connectivity index (χ1) is 6.90. The van der Waals surface area contributed by atoms with Crippen molar-refractivity contribution in [3.05, 3.63) is 35.0 Å². The van der Waals surface area contributed by atoms with E-state index in [4.69, 9.17) is 0 Å². The summed E-state index contributed by atoms with van der Waals surface area (Å²) in [6.45, 7) is 0. The average molecular weight is 185 g/mol. The summed E-state index contributed by atoms with van der Waals surface area (Å²) in [6, 6.07) is 4.21. The van der Waals surface area contributed by atoms with E-state index in [2.05, 4.69) is 17.1 Å². The van der Waals surface area contributed by atoms with Gasteiger partial charge in [-0.05, 0) is 30.4 Å². The number of carbonyl (C=O) groups is 1. The van der Waals surface area contributed by atoms with Crippen molar-refractivity contribution in [2.45, 2.75) is 19.3 Å². The number of benzene rings is 1. The van der Waals surface area contributed by atoms with Gasteiger partial charge in [-0.15, -0.1) is 0 Å². The fourth-order valence-corrected chi connectivity index (χ4v) is 2.40. The predicted molar refractivity (Wildman–Crippen MR) is 55.7 cm³/mol. The van der Waals surface area contributed by atoms with Crippen LogP contribution in [0, 0.1) is 0 Å². The quantitative estimate of drug-likeness (QED) is 0.680. The predicted octanol–water partition coefficient (Wildman–Crippen LogP) is 2.47. The third-order valence-corrected chi connectivity index (χ3v) is 3.09. The lowest BCUT2D eigenvalue weighted by molar-refractivity contribution is 0.112. The number of nitrogens with one attached hydrogen (secondary N) is 1. The number of aromatic amines is 1. The van der Waals surface area contributed by atoms with Gasteiger partial charge in [0.2, 0.25) is 0 Å². The van der Waals surface area contributed by atoms with Gasteiger partial charge in [0, 0.05) is 22.7 Å². The summed E-state index contributed by atoms with van der Waals surface area (Å²) in [5.41, 5.74) is 4.80. The van der Waals surface area contributed by atoms with Crippen molar-refractivity contribution in [2.75, 3.05) is 0 Å². The molecular weight excluding hydrogens is 174 g/mol. The summed E-state index contributed by atoms with van der Waals surface area (Å²) in [5, 5.41) is 1.07. The Bertz CT molecular complexity index is 510. The number of hydrogen-bond acceptors (Lipinski definition) is 1. The van der Waals surface area contributed by atoms with E-state index in [0.29, 0.717) is 0 Å². The molecule has 2 heteroatoms. The Morgan fingerprint density at radius 1 is 1.29 bits per heavy atom. The van der Waals surface area contributed by atoms with Crippen LogP contribution < -0.4 is 0 Å². The molecule has 0 unspecified atom stereocenters. The molecule has 1 heterocycles. The number of aromatic nitrogens is 1. The molecule has 1 aliphatic carbocycles. The highest BCUT2D eigenvalue weighted by molar-refractivity contribution is 5.99. The summed E-state index contributed by atoms with van der Waals surface area (Å²) in [6.07, 6.45) is 6.28. The first kappa shape index (κ1) is 7.80. The van der Waals surface area contributed by atoms with Gasteiger partial charge in [0.25, 0.3) is 0 Å². The number of aryl methyl sites for hydroxylation is 2. The molecule has 1 aromatic carbocycles. The van der Waals surface area contributed by atoms with Crippen LogP contribution in [-0.4, -0.2) is 11.3 Å². The minimum Gasteiger partial charge on any atom is -0.360 e. The Morgan fingerprint density at radius 3 is 3.07 bits per heavy atom. The number of aldehydes is 1. The van der Waals surface area contributed by atoms with E-state index in [9.17, 15) is 4.79 Å². The minimum absolute atomic E-state index is 0.773. The molecular formula is C12H11NO. The average Bonchev–Trinajstić information content (AvgIpc) is 2.82. The summed E-state index contributed by atoms with van der Waals surface area (Å²) in [7, 11) is 0. The molecule has 14 heavy (non-hydrogen) atoms. The fourth-order valence-electron chi connectivity index (χ4n) is 2.40. The van der Waals surface area contributed by atoms with Crippen LogP contribution >= 0.6 is 0 Å². The Kier molecular flexibility index (Phi) is 1.51. The third kappa shape index (κ3) is 0.882. The SMILES string of the molecule is O=Cc1c[nH]c2c3c(ccc12)CCC3.